The van der Waals surface area contributed by atoms with Crippen LogP contribution in [-0.2, 0) is 0 Å². The zero-order valence-electron chi connectivity index (χ0n) is 15.8. The molecule has 4 aromatic rings. The van der Waals surface area contributed by atoms with Crippen molar-refractivity contribution in [2.24, 2.45) is 0 Å². The summed E-state index contributed by atoms with van der Waals surface area (Å²) in [6.45, 7) is 0. The van der Waals surface area contributed by atoms with Gasteiger partial charge in [0.25, 0.3) is 5.91 Å². The minimum atomic E-state index is -0.250. The van der Waals surface area contributed by atoms with E-state index in [1.165, 1.54) is 0 Å². The van der Waals surface area contributed by atoms with Crippen LogP contribution in [0.1, 0.15) is 10.4 Å². The zero-order valence-corrected chi connectivity index (χ0v) is 16.6. The number of carbonyl (C=O) groups excluding carboxylic acids is 1. The van der Waals surface area contributed by atoms with Gasteiger partial charge in [-0.25, -0.2) is 4.98 Å². The monoisotopic (exact) mass is 407 g/mol. The maximum Gasteiger partial charge on any atom is 0.255 e. The first-order chi connectivity index (χ1) is 14.1. The number of nitrogens with one attached hydrogen (secondary N) is 2. The number of imidazole rings is 1. The lowest BCUT2D eigenvalue weighted by molar-refractivity contribution is 0.102. The van der Waals surface area contributed by atoms with E-state index in [-0.39, 0.29) is 5.91 Å². The predicted octanol–water partition coefficient (Wildman–Crippen LogP) is 5.15. The van der Waals surface area contributed by atoms with Gasteiger partial charge < -0.3 is 19.8 Å². The third-order valence-electron chi connectivity index (χ3n) is 4.52. The van der Waals surface area contributed by atoms with Crippen molar-refractivity contribution in [3.8, 4) is 22.9 Å². The number of halogens is 1. The molecule has 1 amide bonds. The lowest BCUT2D eigenvalue weighted by atomic mass is 10.1. The molecule has 2 N–H and O–H groups in total. The molecule has 0 aliphatic rings. The Hall–Kier alpha value is -3.51. The lowest BCUT2D eigenvalue weighted by Gasteiger charge is -2.12. The Bertz CT molecular complexity index is 1190. The first kappa shape index (κ1) is 18.8. The maximum absolute atomic E-state index is 12.7. The molecule has 3 aromatic carbocycles. The number of methoxy groups -OCH3 is 2. The molecule has 4 rings (SSSR count). The minimum Gasteiger partial charge on any atom is -0.497 e. The SMILES string of the molecule is COc1ccc(OC)c(NC(=O)c2ccc(-c3nc4ccc(Cl)cc4[nH]3)cc2)c1. The summed E-state index contributed by atoms with van der Waals surface area (Å²) in [5.41, 5.74) is 3.61. The number of hydrogen-bond acceptors (Lipinski definition) is 4. The molecule has 0 bridgehead atoms. The Balaban J connectivity index is 1.56. The number of aromatic amines is 1. The molecule has 0 spiro atoms. The largest absolute Gasteiger partial charge is 0.497 e. The second-order valence-electron chi connectivity index (χ2n) is 6.34. The van der Waals surface area contributed by atoms with E-state index in [2.05, 4.69) is 15.3 Å². The molecule has 146 valence electrons. The molecule has 0 aliphatic heterocycles. The van der Waals surface area contributed by atoms with Gasteiger partial charge in [0.1, 0.15) is 17.3 Å². The number of carbonyl (C=O) groups is 1. The van der Waals surface area contributed by atoms with E-state index >= 15 is 0 Å². The summed E-state index contributed by atoms with van der Waals surface area (Å²) in [5, 5.41) is 3.50. The third kappa shape index (κ3) is 3.88. The van der Waals surface area contributed by atoms with Crippen molar-refractivity contribution in [1.29, 1.82) is 0 Å². The normalized spacial score (nSPS) is 10.7. The van der Waals surface area contributed by atoms with Crippen molar-refractivity contribution < 1.29 is 14.3 Å². The highest BCUT2D eigenvalue weighted by Gasteiger charge is 2.12. The van der Waals surface area contributed by atoms with E-state index in [1.807, 2.05) is 24.3 Å². The Labute approximate surface area is 172 Å². The topological polar surface area (TPSA) is 76.2 Å². The molecule has 0 aliphatic carbocycles. The number of H-pyrrole nitrogens is 1. The van der Waals surface area contributed by atoms with Crippen LogP contribution in [0, 0.1) is 0 Å². The van der Waals surface area contributed by atoms with Gasteiger partial charge >= 0.3 is 0 Å². The summed E-state index contributed by atoms with van der Waals surface area (Å²) in [6.07, 6.45) is 0. The molecule has 0 atom stereocenters. The summed E-state index contributed by atoms with van der Waals surface area (Å²) >= 11 is 6.03. The van der Waals surface area contributed by atoms with Crippen LogP contribution in [-0.4, -0.2) is 30.1 Å². The minimum absolute atomic E-state index is 0.250. The maximum atomic E-state index is 12.7. The Kier molecular flexibility index (Phi) is 5.10. The summed E-state index contributed by atoms with van der Waals surface area (Å²) in [6, 6.07) is 17.9. The molecular weight excluding hydrogens is 390 g/mol. The summed E-state index contributed by atoms with van der Waals surface area (Å²) < 4.78 is 10.5. The number of aromatic nitrogens is 2. The molecule has 0 fully saturated rings. The molecule has 1 heterocycles. The van der Waals surface area contributed by atoms with Crippen molar-refractivity contribution in [3.63, 3.8) is 0 Å². The van der Waals surface area contributed by atoms with Gasteiger partial charge in [0, 0.05) is 22.2 Å². The fourth-order valence-corrected chi connectivity index (χ4v) is 3.18. The van der Waals surface area contributed by atoms with E-state index in [4.69, 9.17) is 21.1 Å². The number of rotatable bonds is 5. The fraction of sp³-hybridized carbons (Fsp3) is 0.0909. The smallest absolute Gasteiger partial charge is 0.255 e. The van der Waals surface area contributed by atoms with Crippen molar-refractivity contribution in [1.82, 2.24) is 9.97 Å². The number of ether oxygens (including phenoxy) is 2. The molecule has 0 saturated carbocycles. The van der Waals surface area contributed by atoms with Gasteiger partial charge in [-0.15, -0.1) is 0 Å². The second-order valence-corrected chi connectivity index (χ2v) is 6.78. The number of amides is 1. The lowest BCUT2D eigenvalue weighted by Crippen LogP contribution is -2.12. The summed E-state index contributed by atoms with van der Waals surface area (Å²) in [4.78, 5) is 20.5. The first-order valence-corrected chi connectivity index (χ1v) is 9.24. The highest BCUT2D eigenvalue weighted by atomic mass is 35.5. The third-order valence-corrected chi connectivity index (χ3v) is 4.75. The van der Waals surface area contributed by atoms with E-state index < -0.39 is 0 Å². The number of benzene rings is 3. The van der Waals surface area contributed by atoms with Crippen LogP contribution in [0.4, 0.5) is 5.69 Å². The quantitative estimate of drug-likeness (QED) is 0.479. The molecule has 7 heteroatoms. The predicted molar refractivity (Wildman–Crippen MR) is 114 cm³/mol. The molecule has 0 radical (unpaired) electrons. The van der Waals surface area contributed by atoms with Crippen LogP contribution in [0.2, 0.25) is 5.02 Å². The van der Waals surface area contributed by atoms with Crippen LogP contribution in [0.25, 0.3) is 22.4 Å². The van der Waals surface area contributed by atoms with Crippen molar-refractivity contribution in [2.75, 3.05) is 19.5 Å². The van der Waals surface area contributed by atoms with Crippen LogP contribution < -0.4 is 14.8 Å². The van der Waals surface area contributed by atoms with Gasteiger partial charge in [-0.2, -0.15) is 0 Å². The van der Waals surface area contributed by atoms with E-state index in [1.54, 1.807) is 50.6 Å². The van der Waals surface area contributed by atoms with Gasteiger partial charge in [-0.1, -0.05) is 23.7 Å². The van der Waals surface area contributed by atoms with Gasteiger partial charge in [0.2, 0.25) is 0 Å². The molecule has 0 unspecified atom stereocenters. The molecule has 6 nitrogen and oxygen atoms in total. The number of nitrogens with zero attached hydrogens (tertiary/aromatic N) is 1. The molecule has 29 heavy (non-hydrogen) atoms. The van der Waals surface area contributed by atoms with Crippen molar-refractivity contribution in [3.05, 3.63) is 71.2 Å². The first-order valence-electron chi connectivity index (χ1n) is 8.86. The molecular formula is C22H18ClN3O3. The Morgan fingerprint density at radius 1 is 1.00 bits per heavy atom. The number of fused-ring (bicyclic) bond motifs is 1. The summed E-state index contributed by atoms with van der Waals surface area (Å²) in [5.74, 6) is 1.64. The van der Waals surface area contributed by atoms with E-state index in [0.29, 0.717) is 33.6 Å². The van der Waals surface area contributed by atoms with Crippen LogP contribution in [0.5, 0.6) is 11.5 Å². The second kappa shape index (κ2) is 7.85. The van der Waals surface area contributed by atoms with Crippen molar-refractivity contribution >= 4 is 34.2 Å². The van der Waals surface area contributed by atoms with Crippen LogP contribution >= 0.6 is 11.6 Å². The van der Waals surface area contributed by atoms with Crippen LogP contribution in [0.15, 0.2) is 60.7 Å². The number of anilines is 1. The fourth-order valence-electron chi connectivity index (χ4n) is 3.00. The summed E-state index contributed by atoms with van der Waals surface area (Å²) in [7, 11) is 3.12. The zero-order chi connectivity index (χ0) is 20.4. The van der Waals surface area contributed by atoms with Crippen LogP contribution in [0.3, 0.4) is 0 Å². The molecule has 0 saturated heterocycles. The average Bonchev–Trinajstić information content (AvgIpc) is 3.17. The van der Waals surface area contributed by atoms with Gasteiger partial charge in [0.05, 0.1) is 30.9 Å². The van der Waals surface area contributed by atoms with Gasteiger partial charge in [0.15, 0.2) is 0 Å². The highest BCUT2D eigenvalue weighted by Crippen LogP contribution is 2.29. The average molecular weight is 408 g/mol. The highest BCUT2D eigenvalue weighted by molar-refractivity contribution is 6.31. The Morgan fingerprint density at radius 3 is 2.52 bits per heavy atom. The van der Waals surface area contributed by atoms with E-state index in [9.17, 15) is 4.79 Å². The number of hydrogen-bond donors (Lipinski definition) is 2. The van der Waals surface area contributed by atoms with Crippen molar-refractivity contribution in [2.45, 2.75) is 0 Å². The molecule has 1 aromatic heterocycles. The standard InChI is InChI=1S/C22H18ClN3O3/c1-28-16-8-10-20(29-2)19(12-16)26-22(27)14-5-3-13(4-6-14)21-24-17-9-7-15(23)11-18(17)25-21/h3-12H,1-2H3,(H,24,25)(H,26,27). The van der Waals surface area contributed by atoms with Gasteiger partial charge in [-0.05, 0) is 42.5 Å². The van der Waals surface area contributed by atoms with Gasteiger partial charge in [-0.3, -0.25) is 4.79 Å². The van der Waals surface area contributed by atoms with E-state index in [0.717, 1.165) is 16.6 Å². The Morgan fingerprint density at radius 2 is 1.79 bits per heavy atom.